The maximum Gasteiger partial charge on any atom is 0.138 e. The van der Waals surface area contributed by atoms with Gasteiger partial charge in [0.05, 0.1) is 6.10 Å². The molecule has 0 spiro atoms. The van der Waals surface area contributed by atoms with Crippen molar-refractivity contribution < 1.29 is 9.90 Å². The van der Waals surface area contributed by atoms with Crippen molar-refractivity contribution >= 4 is 5.78 Å². The molecule has 0 aromatic heterocycles. The number of Topliss-reactive ketones (excluding diaryl/α,β-unsaturated/α-hetero) is 1. The van der Waals surface area contributed by atoms with Gasteiger partial charge in [-0.05, 0) is 36.5 Å². The summed E-state index contributed by atoms with van der Waals surface area (Å²) in [4.78, 5) is 12.1. The topological polar surface area (TPSA) is 37.3 Å². The molecule has 2 aliphatic carbocycles. The molecule has 0 aromatic carbocycles. The van der Waals surface area contributed by atoms with Gasteiger partial charge in [-0.15, -0.1) is 0 Å². The first-order valence-corrected chi connectivity index (χ1v) is 6.71. The largest absolute Gasteiger partial charge is 0.392 e. The molecule has 2 fully saturated rings. The van der Waals surface area contributed by atoms with Crippen LogP contribution < -0.4 is 0 Å². The molecule has 17 heavy (non-hydrogen) atoms. The number of aliphatic hydroxyl groups excluding tert-OH is 1. The number of hydrogen-bond donors (Lipinski definition) is 1. The van der Waals surface area contributed by atoms with Crippen LogP contribution in [0.5, 0.6) is 0 Å². The summed E-state index contributed by atoms with van der Waals surface area (Å²) in [6.07, 6.45) is 2.84. The number of hydrogen-bond acceptors (Lipinski definition) is 2. The predicted octanol–water partition coefficient (Wildman–Crippen LogP) is 2.95. The third kappa shape index (κ3) is 2.20. The van der Waals surface area contributed by atoms with Crippen LogP contribution in [0, 0.1) is 23.2 Å². The van der Waals surface area contributed by atoms with E-state index in [1.165, 1.54) is 5.57 Å². The molecule has 0 aromatic rings. The number of carbonyl (C=O) groups excluding carboxylic acids is 1. The molecule has 96 valence electrons. The summed E-state index contributed by atoms with van der Waals surface area (Å²) in [5, 5.41) is 9.96. The predicted molar refractivity (Wildman–Crippen MR) is 68.5 cm³/mol. The van der Waals surface area contributed by atoms with E-state index in [2.05, 4.69) is 20.4 Å². The van der Waals surface area contributed by atoms with Crippen molar-refractivity contribution in [1.29, 1.82) is 0 Å². The minimum absolute atomic E-state index is 0.210. The molecule has 0 heterocycles. The van der Waals surface area contributed by atoms with Crippen molar-refractivity contribution in [3.63, 3.8) is 0 Å². The first kappa shape index (κ1) is 12.8. The number of fused-ring (bicyclic) bond motifs is 1. The highest BCUT2D eigenvalue weighted by molar-refractivity contribution is 5.81. The maximum absolute atomic E-state index is 12.1. The zero-order valence-corrected chi connectivity index (χ0v) is 11.2. The van der Waals surface area contributed by atoms with Crippen molar-refractivity contribution in [1.82, 2.24) is 0 Å². The van der Waals surface area contributed by atoms with Crippen LogP contribution in [-0.4, -0.2) is 17.0 Å². The van der Waals surface area contributed by atoms with Gasteiger partial charge >= 0.3 is 0 Å². The van der Waals surface area contributed by atoms with Gasteiger partial charge in [-0.2, -0.15) is 0 Å². The first-order valence-electron chi connectivity index (χ1n) is 6.71. The van der Waals surface area contributed by atoms with E-state index in [4.69, 9.17) is 0 Å². The van der Waals surface area contributed by atoms with Gasteiger partial charge in [0.15, 0.2) is 0 Å². The van der Waals surface area contributed by atoms with Crippen molar-refractivity contribution in [2.24, 2.45) is 23.2 Å². The number of carbonyl (C=O) groups is 1. The van der Waals surface area contributed by atoms with Gasteiger partial charge in [0.2, 0.25) is 0 Å². The fourth-order valence-corrected chi connectivity index (χ4v) is 3.48. The zero-order chi connectivity index (χ0) is 12.8. The quantitative estimate of drug-likeness (QED) is 0.657. The summed E-state index contributed by atoms with van der Waals surface area (Å²) in [7, 11) is 0. The second-order valence-electron chi connectivity index (χ2n) is 6.63. The standard InChI is InChI=1S/C15H24O2/c1-9-5-6-13(16)10(2)14(17)7-12-11(9)8-15(12,3)4/h10-13,16H,1,5-8H2,2-4H3/t10-,11+,12+,13-/m0/s1. The SMILES string of the molecule is C=C1CC[C@H](O)[C@H](C)C(=O)C[C@@H]2[C@@H]1CC2(C)C. The van der Waals surface area contributed by atoms with Crippen LogP contribution in [0.1, 0.15) is 46.5 Å². The fourth-order valence-electron chi connectivity index (χ4n) is 3.48. The Morgan fingerprint density at radius 1 is 1.41 bits per heavy atom. The highest BCUT2D eigenvalue weighted by Gasteiger charge is 2.49. The van der Waals surface area contributed by atoms with Gasteiger partial charge in [-0.25, -0.2) is 0 Å². The van der Waals surface area contributed by atoms with Crippen molar-refractivity contribution in [3.05, 3.63) is 12.2 Å². The van der Waals surface area contributed by atoms with Crippen molar-refractivity contribution in [2.75, 3.05) is 0 Å². The Kier molecular flexibility index (Phi) is 3.19. The number of rotatable bonds is 0. The molecule has 0 saturated heterocycles. The first-order chi connectivity index (χ1) is 7.83. The molecule has 2 nitrogen and oxygen atoms in total. The molecule has 0 bridgehead atoms. The highest BCUT2D eigenvalue weighted by Crippen LogP contribution is 2.56. The average Bonchev–Trinajstić information content (AvgIpc) is 2.30. The molecule has 1 N–H and O–H groups in total. The summed E-state index contributed by atoms with van der Waals surface area (Å²) in [6, 6.07) is 0. The molecular formula is C15H24O2. The van der Waals surface area contributed by atoms with E-state index >= 15 is 0 Å². The van der Waals surface area contributed by atoms with E-state index in [1.807, 2.05) is 6.92 Å². The van der Waals surface area contributed by atoms with Crippen LogP contribution in [0.4, 0.5) is 0 Å². The second-order valence-corrected chi connectivity index (χ2v) is 6.63. The van der Waals surface area contributed by atoms with Crippen molar-refractivity contribution in [2.45, 2.75) is 52.6 Å². The molecule has 0 unspecified atom stereocenters. The molecule has 0 amide bonds. The third-order valence-corrected chi connectivity index (χ3v) is 5.03. The number of ketones is 1. The number of aliphatic hydroxyl groups is 1. The Bertz CT molecular complexity index is 343. The minimum atomic E-state index is -0.486. The zero-order valence-electron chi connectivity index (χ0n) is 11.2. The van der Waals surface area contributed by atoms with Gasteiger partial charge in [-0.3, -0.25) is 4.79 Å². The highest BCUT2D eigenvalue weighted by atomic mass is 16.3. The van der Waals surface area contributed by atoms with E-state index in [-0.39, 0.29) is 17.1 Å². The molecule has 4 atom stereocenters. The van der Waals surface area contributed by atoms with Crippen LogP contribution in [-0.2, 0) is 4.79 Å². The van der Waals surface area contributed by atoms with E-state index in [0.29, 0.717) is 24.7 Å². The summed E-state index contributed by atoms with van der Waals surface area (Å²) < 4.78 is 0. The lowest BCUT2D eigenvalue weighted by atomic mass is 9.52. The van der Waals surface area contributed by atoms with Gasteiger partial charge in [0.25, 0.3) is 0 Å². The molecule has 2 heteroatoms. The van der Waals surface area contributed by atoms with E-state index in [9.17, 15) is 9.90 Å². The second kappa shape index (κ2) is 4.24. The summed E-state index contributed by atoms with van der Waals surface area (Å²) in [5.41, 5.74) is 1.51. The average molecular weight is 236 g/mol. The third-order valence-electron chi connectivity index (χ3n) is 5.03. The lowest BCUT2D eigenvalue weighted by molar-refractivity contribution is -0.130. The molecule has 2 aliphatic rings. The number of allylic oxidation sites excluding steroid dienone is 1. The lowest BCUT2D eigenvalue weighted by Crippen LogP contribution is -2.46. The van der Waals surface area contributed by atoms with Gasteiger partial charge in [0.1, 0.15) is 5.78 Å². The summed E-state index contributed by atoms with van der Waals surface area (Å²) >= 11 is 0. The molecule has 2 saturated carbocycles. The van der Waals surface area contributed by atoms with E-state index in [0.717, 1.165) is 12.8 Å². The maximum atomic E-state index is 12.1. The normalized spacial score (nSPS) is 41.9. The molecular weight excluding hydrogens is 212 g/mol. The monoisotopic (exact) mass is 236 g/mol. The van der Waals surface area contributed by atoms with Crippen molar-refractivity contribution in [3.8, 4) is 0 Å². The Morgan fingerprint density at radius 2 is 2.06 bits per heavy atom. The van der Waals surface area contributed by atoms with E-state index < -0.39 is 6.10 Å². The smallest absolute Gasteiger partial charge is 0.138 e. The van der Waals surface area contributed by atoms with E-state index in [1.54, 1.807) is 0 Å². The molecule has 0 radical (unpaired) electrons. The lowest BCUT2D eigenvalue weighted by Gasteiger charge is -2.52. The fraction of sp³-hybridized carbons (Fsp3) is 0.800. The Labute approximate surface area is 104 Å². The van der Waals surface area contributed by atoms with Crippen LogP contribution in [0.15, 0.2) is 12.2 Å². The molecule has 2 rings (SSSR count). The Morgan fingerprint density at radius 3 is 2.65 bits per heavy atom. The Balaban J connectivity index is 2.20. The van der Waals surface area contributed by atoms with Crippen LogP contribution >= 0.6 is 0 Å². The van der Waals surface area contributed by atoms with Crippen LogP contribution in [0.3, 0.4) is 0 Å². The Hall–Kier alpha value is -0.630. The minimum Gasteiger partial charge on any atom is -0.392 e. The van der Waals surface area contributed by atoms with Crippen LogP contribution in [0.25, 0.3) is 0 Å². The van der Waals surface area contributed by atoms with Gasteiger partial charge in [-0.1, -0.05) is 32.9 Å². The summed E-state index contributed by atoms with van der Waals surface area (Å²) in [5.74, 6) is 0.967. The molecule has 0 aliphatic heterocycles. The summed E-state index contributed by atoms with van der Waals surface area (Å²) in [6.45, 7) is 10.5. The van der Waals surface area contributed by atoms with Crippen LogP contribution in [0.2, 0.25) is 0 Å². The van der Waals surface area contributed by atoms with Gasteiger partial charge < -0.3 is 5.11 Å². The van der Waals surface area contributed by atoms with Gasteiger partial charge in [0, 0.05) is 12.3 Å².